The Bertz CT molecular complexity index is 1140. The zero-order valence-electron chi connectivity index (χ0n) is 16.2. The predicted molar refractivity (Wildman–Crippen MR) is 112 cm³/mol. The quantitative estimate of drug-likeness (QED) is 0.493. The Morgan fingerprint density at radius 1 is 0.933 bits per heavy atom. The average molecular weight is 401 g/mol. The molecule has 7 heteroatoms. The number of carbonyl (C=O) groups is 1. The zero-order chi connectivity index (χ0) is 20.8. The SMILES string of the molecule is COc1cccc(NC(=O)COc2cccc(-c3nc(-c4ccccc4)no3)c2)c1. The minimum atomic E-state index is -0.280. The molecule has 3 aromatic carbocycles. The summed E-state index contributed by atoms with van der Waals surface area (Å²) >= 11 is 0. The third-order valence-corrected chi connectivity index (χ3v) is 4.26. The summed E-state index contributed by atoms with van der Waals surface area (Å²) in [6.45, 7) is -0.139. The molecule has 1 heterocycles. The van der Waals surface area contributed by atoms with E-state index in [1.807, 2.05) is 36.4 Å². The van der Waals surface area contributed by atoms with Crippen molar-refractivity contribution >= 4 is 11.6 Å². The summed E-state index contributed by atoms with van der Waals surface area (Å²) in [4.78, 5) is 16.6. The number of carbonyl (C=O) groups excluding carboxylic acids is 1. The first-order valence-electron chi connectivity index (χ1n) is 9.27. The van der Waals surface area contributed by atoms with E-state index in [9.17, 15) is 4.79 Å². The maximum atomic E-state index is 12.2. The van der Waals surface area contributed by atoms with Gasteiger partial charge >= 0.3 is 0 Å². The standard InChI is InChI=1S/C23H19N3O4/c1-28-19-11-6-10-18(14-19)24-21(27)15-29-20-12-5-9-17(13-20)23-25-22(26-30-23)16-7-3-2-4-8-16/h2-14H,15H2,1H3,(H,24,27). The molecule has 0 unspecified atom stereocenters. The highest BCUT2D eigenvalue weighted by atomic mass is 16.5. The van der Waals surface area contributed by atoms with Gasteiger partial charge in [-0.2, -0.15) is 4.98 Å². The van der Waals surface area contributed by atoms with Crippen molar-refractivity contribution in [1.82, 2.24) is 10.1 Å². The molecule has 150 valence electrons. The van der Waals surface area contributed by atoms with Gasteiger partial charge in [-0.1, -0.05) is 47.6 Å². The summed E-state index contributed by atoms with van der Waals surface area (Å²) in [7, 11) is 1.57. The maximum Gasteiger partial charge on any atom is 0.262 e. The number of nitrogens with zero attached hydrogens (tertiary/aromatic N) is 2. The summed E-state index contributed by atoms with van der Waals surface area (Å²) < 4.78 is 16.1. The van der Waals surface area contributed by atoms with Gasteiger partial charge in [0.25, 0.3) is 11.8 Å². The van der Waals surface area contributed by atoms with Crippen LogP contribution in [0.25, 0.3) is 22.8 Å². The Morgan fingerprint density at radius 2 is 1.70 bits per heavy atom. The van der Waals surface area contributed by atoms with E-state index >= 15 is 0 Å². The van der Waals surface area contributed by atoms with E-state index in [4.69, 9.17) is 14.0 Å². The molecule has 0 aliphatic carbocycles. The number of hydrogen-bond donors (Lipinski definition) is 1. The van der Waals surface area contributed by atoms with E-state index in [1.54, 1.807) is 49.6 Å². The number of methoxy groups -OCH3 is 1. The van der Waals surface area contributed by atoms with E-state index in [2.05, 4.69) is 15.5 Å². The molecule has 0 spiro atoms. The van der Waals surface area contributed by atoms with Crippen molar-refractivity contribution < 1.29 is 18.8 Å². The van der Waals surface area contributed by atoms with Crippen molar-refractivity contribution in [2.75, 3.05) is 19.0 Å². The molecule has 0 bridgehead atoms. The molecule has 0 saturated carbocycles. The predicted octanol–water partition coefficient (Wildman–Crippen LogP) is 4.43. The van der Waals surface area contributed by atoms with E-state index in [0.29, 0.717) is 34.5 Å². The summed E-state index contributed by atoms with van der Waals surface area (Å²) in [5.74, 6) is 1.79. The van der Waals surface area contributed by atoms with Crippen molar-refractivity contribution in [2.24, 2.45) is 0 Å². The Labute approximate surface area is 173 Å². The fourth-order valence-electron chi connectivity index (χ4n) is 2.81. The third kappa shape index (κ3) is 4.64. The van der Waals surface area contributed by atoms with Gasteiger partial charge in [-0.05, 0) is 30.3 Å². The molecule has 4 aromatic rings. The Hall–Kier alpha value is -4.13. The Balaban J connectivity index is 1.40. The Morgan fingerprint density at radius 3 is 2.53 bits per heavy atom. The lowest BCUT2D eigenvalue weighted by Crippen LogP contribution is -2.20. The smallest absolute Gasteiger partial charge is 0.262 e. The maximum absolute atomic E-state index is 12.2. The normalized spacial score (nSPS) is 10.4. The van der Waals surface area contributed by atoms with Crippen molar-refractivity contribution in [3.05, 3.63) is 78.9 Å². The van der Waals surface area contributed by atoms with Gasteiger partial charge in [0.15, 0.2) is 6.61 Å². The topological polar surface area (TPSA) is 86.5 Å². The van der Waals surface area contributed by atoms with Crippen LogP contribution in [0.4, 0.5) is 5.69 Å². The molecular weight excluding hydrogens is 382 g/mol. The highest BCUT2D eigenvalue weighted by Crippen LogP contribution is 2.25. The highest BCUT2D eigenvalue weighted by molar-refractivity contribution is 5.92. The van der Waals surface area contributed by atoms with Crippen LogP contribution in [0, 0.1) is 0 Å². The van der Waals surface area contributed by atoms with Gasteiger partial charge in [0.1, 0.15) is 11.5 Å². The molecule has 0 fully saturated rings. The van der Waals surface area contributed by atoms with Crippen LogP contribution in [0.15, 0.2) is 83.4 Å². The van der Waals surface area contributed by atoms with Crippen LogP contribution < -0.4 is 14.8 Å². The van der Waals surface area contributed by atoms with Crippen LogP contribution in [0.3, 0.4) is 0 Å². The van der Waals surface area contributed by atoms with Gasteiger partial charge in [-0.3, -0.25) is 4.79 Å². The minimum absolute atomic E-state index is 0.139. The first-order valence-corrected chi connectivity index (χ1v) is 9.27. The van der Waals surface area contributed by atoms with Gasteiger partial charge in [-0.15, -0.1) is 0 Å². The van der Waals surface area contributed by atoms with Crippen molar-refractivity contribution in [1.29, 1.82) is 0 Å². The number of hydrogen-bond acceptors (Lipinski definition) is 6. The van der Waals surface area contributed by atoms with Crippen LogP contribution in [-0.2, 0) is 4.79 Å². The van der Waals surface area contributed by atoms with E-state index in [-0.39, 0.29) is 12.5 Å². The van der Waals surface area contributed by atoms with E-state index in [0.717, 1.165) is 5.56 Å². The molecular formula is C23H19N3O4. The summed E-state index contributed by atoms with van der Waals surface area (Å²) in [5, 5.41) is 6.80. The molecule has 1 amide bonds. The van der Waals surface area contributed by atoms with Gasteiger partial charge in [-0.25, -0.2) is 0 Å². The lowest BCUT2D eigenvalue weighted by atomic mass is 10.2. The fourth-order valence-corrected chi connectivity index (χ4v) is 2.81. The molecule has 0 atom stereocenters. The Kier molecular flexibility index (Phi) is 5.70. The molecule has 1 N–H and O–H groups in total. The van der Waals surface area contributed by atoms with Crippen LogP contribution in [0.5, 0.6) is 11.5 Å². The fraction of sp³-hybridized carbons (Fsp3) is 0.0870. The molecule has 0 aliphatic rings. The zero-order valence-corrected chi connectivity index (χ0v) is 16.2. The van der Waals surface area contributed by atoms with Crippen LogP contribution >= 0.6 is 0 Å². The second kappa shape index (κ2) is 8.91. The third-order valence-electron chi connectivity index (χ3n) is 4.26. The van der Waals surface area contributed by atoms with Crippen molar-refractivity contribution in [2.45, 2.75) is 0 Å². The minimum Gasteiger partial charge on any atom is -0.497 e. The van der Waals surface area contributed by atoms with Gasteiger partial charge in [0.05, 0.1) is 7.11 Å². The number of aromatic nitrogens is 2. The van der Waals surface area contributed by atoms with Crippen LogP contribution in [0.2, 0.25) is 0 Å². The van der Waals surface area contributed by atoms with Crippen LogP contribution in [0.1, 0.15) is 0 Å². The molecule has 0 radical (unpaired) electrons. The number of rotatable bonds is 7. The second-order valence-corrected chi connectivity index (χ2v) is 6.39. The van der Waals surface area contributed by atoms with E-state index < -0.39 is 0 Å². The lowest BCUT2D eigenvalue weighted by molar-refractivity contribution is -0.118. The number of ether oxygens (including phenoxy) is 2. The summed E-state index contributed by atoms with van der Waals surface area (Å²) in [6, 6.07) is 23.8. The number of benzene rings is 3. The van der Waals surface area contributed by atoms with Gasteiger partial charge in [0.2, 0.25) is 5.82 Å². The summed E-state index contributed by atoms with van der Waals surface area (Å²) in [6.07, 6.45) is 0. The monoisotopic (exact) mass is 401 g/mol. The number of anilines is 1. The van der Waals surface area contributed by atoms with Crippen molar-refractivity contribution in [3.8, 4) is 34.3 Å². The first-order chi connectivity index (χ1) is 14.7. The number of nitrogens with one attached hydrogen (secondary N) is 1. The molecule has 30 heavy (non-hydrogen) atoms. The van der Waals surface area contributed by atoms with Crippen molar-refractivity contribution in [3.63, 3.8) is 0 Å². The van der Waals surface area contributed by atoms with Gasteiger partial charge in [0, 0.05) is 22.9 Å². The number of amides is 1. The average Bonchev–Trinajstić information content (AvgIpc) is 3.29. The first kappa shape index (κ1) is 19.2. The van der Waals surface area contributed by atoms with Crippen LogP contribution in [-0.4, -0.2) is 29.8 Å². The summed E-state index contributed by atoms with van der Waals surface area (Å²) in [5.41, 5.74) is 2.21. The molecule has 7 nitrogen and oxygen atoms in total. The largest absolute Gasteiger partial charge is 0.497 e. The molecule has 0 aliphatic heterocycles. The van der Waals surface area contributed by atoms with Gasteiger partial charge < -0.3 is 19.3 Å². The highest BCUT2D eigenvalue weighted by Gasteiger charge is 2.12. The molecule has 1 aromatic heterocycles. The second-order valence-electron chi connectivity index (χ2n) is 6.39. The lowest BCUT2D eigenvalue weighted by Gasteiger charge is -2.09. The molecule has 0 saturated heterocycles. The van der Waals surface area contributed by atoms with E-state index in [1.165, 1.54) is 0 Å². The molecule has 4 rings (SSSR count).